The maximum Gasteiger partial charge on any atom is 0.387 e. The van der Waals surface area contributed by atoms with E-state index < -0.39 is 12.6 Å². The minimum atomic E-state index is -2.94. The molecular formula is C18H20F2N2O4. The van der Waals surface area contributed by atoms with Crippen molar-refractivity contribution in [1.29, 1.82) is 0 Å². The number of halogens is 2. The van der Waals surface area contributed by atoms with Crippen LogP contribution in [-0.4, -0.2) is 26.4 Å². The number of rotatable bonds is 8. The van der Waals surface area contributed by atoms with Crippen molar-refractivity contribution in [2.45, 2.75) is 20.1 Å². The second kappa shape index (κ2) is 9.45. The molecule has 0 bridgehead atoms. The summed E-state index contributed by atoms with van der Waals surface area (Å²) in [6.07, 6.45) is 0. The molecule has 0 aliphatic heterocycles. The number of anilines is 1. The van der Waals surface area contributed by atoms with Crippen molar-refractivity contribution < 1.29 is 27.8 Å². The van der Waals surface area contributed by atoms with E-state index in [0.29, 0.717) is 23.6 Å². The summed E-state index contributed by atoms with van der Waals surface area (Å²) in [5.74, 6) is 0.769. The Hall–Kier alpha value is -3.03. The second-order valence-electron chi connectivity index (χ2n) is 5.13. The van der Waals surface area contributed by atoms with E-state index in [-0.39, 0.29) is 18.0 Å². The molecule has 2 rings (SSSR count). The monoisotopic (exact) mass is 366 g/mol. The third kappa shape index (κ3) is 5.80. The van der Waals surface area contributed by atoms with E-state index in [0.717, 1.165) is 0 Å². The second-order valence-corrected chi connectivity index (χ2v) is 5.13. The highest BCUT2D eigenvalue weighted by atomic mass is 19.3. The topological polar surface area (TPSA) is 68.8 Å². The largest absolute Gasteiger partial charge is 0.497 e. The molecule has 0 unspecified atom stereocenters. The SMILES string of the molecule is CCOc1cc(CNC(=O)Nc2cccc(OC)c2)ccc1OC(F)F. The van der Waals surface area contributed by atoms with Gasteiger partial charge in [0.05, 0.1) is 13.7 Å². The number of hydrogen-bond acceptors (Lipinski definition) is 4. The molecule has 0 heterocycles. The van der Waals surface area contributed by atoms with Crippen molar-refractivity contribution in [3.63, 3.8) is 0 Å². The molecular weight excluding hydrogens is 346 g/mol. The standard InChI is InChI=1S/C18H20F2N2O4/c1-3-25-16-9-12(7-8-15(16)26-17(19)20)11-21-18(23)22-13-5-4-6-14(10-13)24-2/h4-10,17H,3,11H2,1-2H3,(H2,21,22,23). The van der Waals surface area contributed by atoms with Gasteiger partial charge in [-0.2, -0.15) is 8.78 Å². The molecule has 2 aromatic carbocycles. The molecule has 2 N–H and O–H groups in total. The highest BCUT2D eigenvalue weighted by Crippen LogP contribution is 2.29. The third-order valence-electron chi connectivity index (χ3n) is 3.30. The van der Waals surface area contributed by atoms with Gasteiger partial charge >= 0.3 is 12.6 Å². The lowest BCUT2D eigenvalue weighted by atomic mass is 10.2. The van der Waals surface area contributed by atoms with Gasteiger partial charge in [-0.25, -0.2) is 4.79 Å². The summed E-state index contributed by atoms with van der Waals surface area (Å²) in [5, 5.41) is 5.36. The summed E-state index contributed by atoms with van der Waals surface area (Å²) in [5.41, 5.74) is 1.26. The van der Waals surface area contributed by atoms with Crippen LogP contribution in [-0.2, 0) is 6.54 Å². The van der Waals surface area contributed by atoms with Gasteiger partial charge in [-0.05, 0) is 36.8 Å². The van der Waals surface area contributed by atoms with Gasteiger partial charge in [0, 0.05) is 18.3 Å². The van der Waals surface area contributed by atoms with E-state index in [9.17, 15) is 13.6 Å². The first kappa shape index (κ1) is 19.3. The van der Waals surface area contributed by atoms with Crippen LogP contribution in [0.3, 0.4) is 0 Å². The molecule has 0 fully saturated rings. The molecule has 26 heavy (non-hydrogen) atoms. The highest BCUT2D eigenvalue weighted by molar-refractivity contribution is 5.89. The van der Waals surface area contributed by atoms with Crippen LogP contribution < -0.4 is 24.8 Å². The first-order valence-electron chi connectivity index (χ1n) is 7.91. The first-order valence-corrected chi connectivity index (χ1v) is 7.91. The Morgan fingerprint density at radius 2 is 1.96 bits per heavy atom. The lowest BCUT2D eigenvalue weighted by Gasteiger charge is -2.13. The number of ether oxygens (including phenoxy) is 3. The molecule has 6 nitrogen and oxygen atoms in total. The third-order valence-corrected chi connectivity index (χ3v) is 3.30. The molecule has 2 aromatic rings. The number of hydrogen-bond donors (Lipinski definition) is 2. The number of carbonyl (C=O) groups is 1. The van der Waals surface area contributed by atoms with Crippen molar-refractivity contribution >= 4 is 11.7 Å². The van der Waals surface area contributed by atoms with E-state index in [4.69, 9.17) is 9.47 Å². The molecule has 0 atom stereocenters. The van der Waals surface area contributed by atoms with Crippen LogP contribution in [0.1, 0.15) is 12.5 Å². The fourth-order valence-electron chi connectivity index (χ4n) is 2.18. The van der Waals surface area contributed by atoms with Gasteiger partial charge < -0.3 is 24.8 Å². The molecule has 0 aliphatic rings. The summed E-state index contributed by atoms with van der Waals surface area (Å²) in [4.78, 5) is 12.0. The van der Waals surface area contributed by atoms with Crippen LogP contribution in [0.2, 0.25) is 0 Å². The normalized spacial score (nSPS) is 10.3. The Labute approximate surface area is 150 Å². The summed E-state index contributed by atoms with van der Waals surface area (Å²) < 4.78 is 39.6. The molecule has 0 aromatic heterocycles. The van der Waals surface area contributed by atoms with E-state index >= 15 is 0 Å². The van der Waals surface area contributed by atoms with Gasteiger partial charge in [0.2, 0.25) is 0 Å². The maximum absolute atomic E-state index is 12.4. The van der Waals surface area contributed by atoms with Crippen LogP contribution in [0.15, 0.2) is 42.5 Å². The Kier molecular flexibility index (Phi) is 7.02. The van der Waals surface area contributed by atoms with Gasteiger partial charge in [0.25, 0.3) is 0 Å². The molecule has 8 heteroatoms. The van der Waals surface area contributed by atoms with Gasteiger partial charge in [0.1, 0.15) is 5.75 Å². The smallest absolute Gasteiger partial charge is 0.387 e. The summed E-state index contributed by atoms with van der Waals surface area (Å²) in [6.45, 7) is -0.720. The highest BCUT2D eigenvalue weighted by Gasteiger charge is 2.12. The predicted molar refractivity (Wildman–Crippen MR) is 93.1 cm³/mol. The van der Waals surface area contributed by atoms with E-state index in [1.165, 1.54) is 13.2 Å². The van der Waals surface area contributed by atoms with Crippen molar-refractivity contribution in [2.24, 2.45) is 0 Å². The minimum absolute atomic E-state index is 0.0496. The van der Waals surface area contributed by atoms with Gasteiger partial charge in [-0.1, -0.05) is 12.1 Å². The average Bonchev–Trinajstić information content (AvgIpc) is 2.62. The quantitative estimate of drug-likeness (QED) is 0.740. The minimum Gasteiger partial charge on any atom is -0.497 e. The zero-order valence-corrected chi connectivity index (χ0v) is 14.4. The summed E-state index contributed by atoms with van der Waals surface area (Å²) in [7, 11) is 1.54. The molecule has 0 saturated carbocycles. The number of carbonyl (C=O) groups excluding carboxylic acids is 1. The number of benzene rings is 2. The summed E-state index contributed by atoms with van der Waals surface area (Å²) >= 11 is 0. The Morgan fingerprint density at radius 3 is 2.65 bits per heavy atom. The van der Waals surface area contributed by atoms with Crippen molar-refractivity contribution in [3.8, 4) is 17.2 Å². The van der Waals surface area contributed by atoms with E-state index in [1.54, 1.807) is 43.3 Å². The lowest BCUT2D eigenvalue weighted by Crippen LogP contribution is -2.28. The van der Waals surface area contributed by atoms with Crippen molar-refractivity contribution in [3.05, 3.63) is 48.0 Å². The molecule has 2 amide bonds. The van der Waals surface area contributed by atoms with E-state index in [1.807, 2.05) is 0 Å². The molecule has 140 valence electrons. The Morgan fingerprint density at radius 1 is 1.15 bits per heavy atom. The number of urea groups is 1. The zero-order valence-electron chi connectivity index (χ0n) is 14.4. The summed E-state index contributed by atoms with van der Waals surface area (Å²) in [6, 6.07) is 11.0. The Balaban J connectivity index is 1.97. The number of amides is 2. The average molecular weight is 366 g/mol. The number of nitrogens with one attached hydrogen (secondary N) is 2. The molecule has 0 aliphatic carbocycles. The van der Waals surface area contributed by atoms with Crippen molar-refractivity contribution in [1.82, 2.24) is 5.32 Å². The fraction of sp³-hybridized carbons (Fsp3) is 0.278. The van der Waals surface area contributed by atoms with Gasteiger partial charge in [-0.15, -0.1) is 0 Å². The number of alkyl halides is 2. The van der Waals surface area contributed by atoms with Gasteiger partial charge in [0.15, 0.2) is 11.5 Å². The number of methoxy groups -OCH3 is 1. The lowest BCUT2D eigenvalue weighted by molar-refractivity contribution is -0.0514. The zero-order chi connectivity index (χ0) is 18.9. The van der Waals surface area contributed by atoms with Crippen LogP contribution in [0.4, 0.5) is 19.3 Å². The van der Waals surface area contributed by atoms with Crippen LogP contribution in [0, 0.1) is 0 Å². The van der Waals surface area contributed by atoms with Crippen molar-refractivity contribution in [2.75, 3.05) is 19.0 Å². The van der Waals surface area contributed by atoms with Gasteiger partial charge in [-0.3, -0.25) is 0 Å². The van der Waals surface area contributed by atoms with E-state index in [2.05, 4.69) is 15.4 Å². The first-order chi connectivity index (χ1) is 12.5. The fourth-order valence-corrected chi connectivity index (χ4v) is 2.18. The maximum atomic E-state index is 12.4. The van der Waals surface area contributed by atoms with Crippen LogP contribution >= 0.6 is 0 Å². The molecule has 0 radical (unpaired) electrons. The molecule has 0 saturated heterocycles. The van der Waals surface area contributed by atoms with Crippen LogP contribution in [0.5, 0.6) is 17.2 Å². The molecule has 0 spiro atoms. The van der Waals surface area contributed by atoms with Crippen LogP contribution in [0.25, 0.3) is 0 Å². The Bertz CT molecular complexity index is 741. The predicted octanol–water partition coefficient (Wildman–Crippen LogP) is 4.02.